The molecule has 1 saturated carbocycles. The lowest BCUT2D eigenvalue weighted by molar-refractivity contribution is -0.130. The van der Waals surface area contributed by atoms with Crippen LogP contribution >= 0.6 is 0 Å². The summed E-state index contributed by atoms with van der Waals surface area (Å²) < 4.78 is 0. The second-order valence-electron chi connectivity index (χ2n) is 7.93. The molecule has 26 heavy (non-hydrogen) atoms. The van der Waals surface area contributed by atoms with Gasteiger partial charge in [-0.1, -0.05) is 0 Å². The van der Waals surface area contributed by atoms with E-state index in [2.05, 4.69) is 40.8 Å². The number of aromatic amines is 1. The van der Waals surface area contributed by atoms with Crippen LogP contribution in [0.1, 0.15) is 25.7 Å². The first-order valence-electron chi connectivity index (χ1n) is 9.17. The van der Waals surface area contributed by atoms with Crippen molar-refractivity contribution < 1.29 is 4.79 Å². The number of anilines is 1. The predicted molar refractivity (Wildman–Crippen MR) is 101 cm³/mol. The van der Waals surface area contributed by atoms with E-state index >= 15 is 0 Å². The average Bonchev–Trinajstić information content (AvgIpc) is 3.30. The Labute approximate surface area is 153 Å². The van der Waals surface area contributed by atoms with E-state index < -0.39 is 0 Å². The fourth-order valence-corrected chi connectivity index (χ4v) is 4.78. The molecular weight excluding hydrogens is 327 g/mol. The van der Waals surface area contributed by atoms with Crippen LogP contribution in [-0.2, 0) is 4.79 Å². The van der Waals surface area contributed by atoms with Crippen LogP contribution in [0.5, 0.6) is 0 Å². The maximum absolute atomic E-state index is 12.3. The highest BCUT2D eigenvalue weighted by atomic mass is 16.2. The van der Waals surface area contributed by atoms with Crippen molar-refractivity contribution in [3.05, 3.63) is 18.6 Å². The third-order valence-electron chi connectivity index (χ3n) is 6.26. The van der Waals surface area contributed by atoms with Crippen molar-refractivity contribution in [3.63, 3.8) is 0 Å². The number of fused-ring (bicyclic) bond motifs is 2. The lowest BCUT2D eigenvalue weighted by atomic mass is 9.64. The summed E-state index contributed by atoms with van der Waals surface area (Å²) in [5, 5.41) is 9.89. The summed E-state index contributed by atoms with van der Waals surface area (Å²) in [6, 6.07) is 4.50. The second-order valence-corrected chi connectivity index (χ2v) is 7.93. The number of rotatable bonds is 4. The fraction of sp³-hybridized carbons (Fsp3) is 0.556. The Balaban J connectivity index is 1.47. The van der Waals surface area contributed by atoms with Crippen molar-refractivity contribution in [2.45, 2.75) is 37.0 Å². The van der Waals surface area contributed by atoms with E-state index in [0.29, 0.717) is 24.8 Å². The van der Waals surface area contributed by atoms with Crippen molar-refractivity contribution in [1.29, 1.82) is 5.26 Å². The maximum atomic E-state index is 12.3. The molecule has 8 heteroatoms. The number of nitrogens with zero attached hydrogens (tertiary/aromatic N) is 5. The summed E-state index contributed by atoms with van der Waals surface area (Å²) in [6.45, 7) is 1.62. The molecule has 0 radical (unpaired) electrons. The zero-order valence-electron chi connectivity index (χ0n) is 15.3. The molecule has 134 valence electrons. The van der Waals surface area contributed by atoms with Crippen LogP contribution in [-0.4, -0.2) is 59.8 Å². The molecule has 1 aliphatic carbocycles. The molecule has 1 aliphatic heterocycles. The van der Waals surface area contributed by atoms with Gasteiger partial charge in [0.05, 0.1) is 11.5 Å². The number of H-pyrrole nitrogens is 1. The monoisotopic (exact) mass is 350 g/mol. The molecule has 4 rings (SSSR count). The minimum absolute atomic E-state index is 0.122. The van der Waals surface area contributed by atoms with Crippen LogP contribution < -0.4 is 4.90 Å². The summed E-state index contributed by atoms with van der Waals surface area (Å²) in [5.74, 6) is 1.59. The SMILES string of the molecule is B[C@]12CC(N(C)c3ncnc4[nH]ccc34)C[C@H]1CN(C(=O)CCC#N)C2. The Hall–Kier alpha value is -2.56. The summed E-state index contributed by atoms with van der Waals surface area (Å²) in [6.07, 6.45) is 6.26. The maximum Gasteiger partial charge on any atom is 0.223 e. The van der Waals surface area contributed by atoms with E-state index in [0.717, 1.165) is 42.8 Å². The Kier molecular flexibility index (Phi) is 4.10. The van der Waals surface area contributed by atoms with Gasteiger partial charge in [-0.05, 0) is 30.1 Å². The van der Waals surface area contributed by atoms with E-state index in [1.165, 1.54) is 0 Å². The van der Waals surface area contributed by atoms with Gasteiger partial charge in [0.25, 0.3) is 0 Å². The highest BCUT2D eigenvalue weighted by molar-refractivity contribution is 6.16. The summed E-state index contributed by atoms with van der Waals surface area (Å²) >= 11 is 0. The van der Waals surface area contributed by atoms with Crippen molar-refractivity contribution in [2.75, 3.05) is 25.0 Å². The largest absolute Gasteiger partial charge is 0.356 e. The number of carbonyl (C=O) groups is 1. The van der Waals surface area contributed by atoms with Gasteiger partial charge < -0.3 is 14.8 Å². The van der Waals surface area contributed by atoms with E-state index in [4.69, 9.17) is 5.26 Å². The molecule has 2 aromatic heterocycles. The van der Waals surface area contributed by atoms with Gasteiger partial charge in [-0.3, -0.25) is 4.79 Å². The summed E-state index contributed by atoms with van der Waals surface area (Å²) in [4.78, 5) is 28.5. The zero-order chi connectivity index (χ0) is 18.3. The predicted octanol–water partition coefficient (Wildman–Crippen LogP) is 1.11. The van der Waals surface area contributed by atoms with Gasteiger partial charge in [0.15, 0.2) is 0 Å². The van der Waals surface area contributed by atoms with Gasteiger partial charge in [-0.2, -0.15) is 5.26 Å². The molecule has 1 amide bonds. The number of nitrogens with one attached hydrogen (secondary N) is 1. The average molecular weight is 350 g/mol. The molecule has 0 spiro atoms. The Morgan fingerprint density at radius 1 is 1.58 bits per heavy atom. The molecule has 0 aromatic carbocycles. The molecular formula is C18H23BN6O. The summed E-state index contributed by atoms with van der Waals surface area (Å²) in [7, 11) is 4.41. The molecule has 1 N–H and O–H groups in total. The quantitative estimate of drug-likeness (QED) is 0.835. The first kappa shape index (κ1) is 16.9. The smallest absolute Gasteiger partial charge is 0.223 e. The van der Waals surface area contributed by atoms with Gasteiger partial charge in [0, 0.05) is 45.2 Å². The van der Waals surface area contributed by atoms with Gasteiger partial charge >= 0.3 is 0 Å². The number of nitriles is 1. The zero-order valence-corrected chi connectivity index (χ0v) is 15.3. The van der Waals surface area contributed by atoms with Crippen LogP contribution in [0.15, 0.2) is 18.6 Å². The third kappa shape index (κ3) is 2.72. The number of carbonyl (C=O) groups excluding carboxylic acids is 1. The van der Waals surface area contributed by atoms with Gasteiger partial charge in [-0.25, -0.2) is 9.97 Å². The van der Waals surface area contributed by atoms with Gasteiger partial charge in [-0.15, -0.1) is 0 Å². The Bertz CT molecular complexity index is 876. The lowest BCUT2D eigenvalue weighted by Crippen LogP contribution is -2.35. The molecule has 2 aliphatic rings. The van der Waals surface area contributed by atoms with E-state index in [-0.39, 0.29) is 11.2 Å². The fourth-order valence-electron chi connectivity index (χ4n) is 4.78. The molecule has 2 aromatic rings. The van der Waals surface area contributed by atoms with Crippen LogP contribution in [0.2, 0.25) is 5.31 Å². The van der Waals surface area contributed by atoms with E-state index in [1.807, 2.05) is 17.2 Å². The molecule has 3 heterocycles. The van der Waals surface area contributed by atoms with Crippen molar-refractivity contribution in [3.8, 4) is 6.07 Å². The lowest BCUT2D eigenvalue weighted by Gasteiger charge is -2.29. The third-order valence-corrected chi connectivity index (χ3v) is 6.26. The molecule has 3 atom stereocenters. The second kappa shape index (κ2) is 6.31. The molecule has 7 nitrogen and oxygen atoms in total. The van der Waals surface area contributed by atoms with E-state index in [1.54, 1.807) is 6.33 Å². The van der Waals surface area contributed by atoms with Crippen molar-refractivity contribution in [2.24, 2.45) is 5.92 Å². The number of hydrogen-bond donors (Lipinski definition) is 1. The normalized spacial score (nSPS) is 27.5. The standard InChI is InChI=1S/C18H23BN6O/c1-24(17-14-4-6-21-16(14)22-11-23-17)13-7-12-9-25(10-18(12,19)8-13)15(26)3-2-5-20/h4,6,11-13H,2-3,7-10,19H2,1H3,(H,21,22,23)/t12-,13?,18-/m0/s1. The van der Waals surface area contributed by atoms with Crippen LogP contribution in [0, 0.1) is 17.2 Å². The van der Waals surface area contributed by atoms with Crippen molar-refractivity contribution in [1.82, 2.24) is 19.9 Å². The molecule has 2 fully saturated rings. The Morgan fingerprint density at radius 3 is 3.19 bits per heavy atom. The molecule has 1 unspecified atom stereocenters. The molecule has 1 saturated heterocycles. The summed E-state index contributed by atoms with van der Waals surface area (Å²) in [5.41, 5.74) is 0.862. The Morgan fingerprint density at radius 2 is 2.42 bits per heavy atom. The van der Waals surface area contributed by atoms with Crippen LogP contribution in [0.25, 0.3) is 11.0 Å². The minimum atomic E-state index is 0.122. The van der Waals surface area contributed by atoms with Gasteiger partial charge in [0.2, 0.25) is 5.91 Å². The highest BCUT2D eigenvalue weighted by Gasteiger charge is 2.51. The van der Waals surface area contributed by atoms with Crippen LogP contribution in [0.3, 0.4) is 0 Å². The highest BCUT2D eigenvalue weighted by Crippen LogP contribution is 2.53. The topological polar surface area (TPSA) is 88.9 Å². The number of aromatic nitrogens is 3. The number of amides is 1. The van der Waals surface area contributed by atoms with E-state index in [9.17, 15) is 4.79 Å². The number of hydrogen-bond acceptors (Lipinski definition) is 5. The first-order valence-corrected chi connectivity index (χ1v) is 9.17. The minimum Gasteiger partial charge on any atom is -0.356 e. The van der Waals surface area contributed by atoms with Crippen LogP contribution in [0.4, 0.5) is 5.82 Å². The number of likely N-dealkylation sites (tertiary alicyclic amines) is 1. The molecule has 0 bridgehead atoms. The first-order chi connectivity index (χ1) is 12.5. The van der Waals surface area contributed by atoms with Gasteiger partial charge in [0.1, 0.15) is 25.6 Å². The van der Waals surface area contributed by atoms with Crippen molar-refractivity contribution >= 4 is 30.6 Å².